The lowest BCUT2D eigenvalue weighted by atomic mass is 10.1. The highest BCUT2D eigenvalue weighted by Gasteiger charge is 2.14. The van der Waals surface area contributed by atoms with E-state index in [0.29, 0.717) is 17.9 Å². The summed E-state index contributed by atoms with van der Waals surface area (Å²) >= 11 is 0. The Kier molecular flexibility index (Phi) is 4.37. The van der Waals surface area contributed by atoms with Crippen LogP contribution in [0.2, 0.25) is 0 Å². The van der Waals surface area contributed by atoms with Gasteiger partial charge in [0.2, 0.25) is 5.91 Å². The first kappa shape index (κ1) is 15.9. The summed E-state index contributed by atoms with van der Waals surface area (Å²) in [5.41, 5.74) is 8.14. The van der Waals surface area contributed by atoms with Gasteiger partial charge in [-0.05, 0) is 29.8 Å². The molecule has 3 aromatic rings. The van der Waals surface area contributed by atoms with Gasteiger partial charge < -0.3 is 19.8 Å². The third-order valence-corrected chi connectivity index (χ3v) is 3.86. The van der Waals surface area contributed by atoms with Crippen molar-refractivity contribution >= 4 is 16.9 Å². The number of hydrogen-bond donors (Lipinski definition) is 1. The Balaban J connectivity index is 2.02. The fraction of sp³-hybridized carbons (Fsp3) is 0.222. The van der Waals surface area contributed by atoms with Gasteiger partial charge in [0.1, 0.15) is 12.4 Å². The molecule has 2 N–H and O–H groups in total. The molecule has 0 atom stereocenters. The van der Waals surface area contributed by atoms with Crippen LogP contribution in [-0.2, 0) is 17.8 Å². The van der Waals surface area contributed by atoms with Crippen molar-refractivity contribution in [1.29, 1.82) is 0 Å². The van der Waals surface area contributed by atoms with Gasteiger partial charge in [-0.1, -0.05) is 18.2 Å². The van der Waals surface area contributed by atoms with Crippen molar-refractivity contribution in [3.8, 4) is 11.5 Å². The molecule has 0 spiro atoms. The normalized spacial score (nSPS) is 10.8. The summed E-state index contributed by atoms with van der Waals surface area (Å²) < 4.78 is 12.5. The molecular weight excluding hydrogens is 306 g/mol. The van der Waals surface area contributed by atoms with E-state index in [0.717, 1.165) is 22.4 Å². The zero-order chi connectivity index (χ0) is 17.1. The second kappa shape index (κ2) is 6.62. The van der Waals surface area contributed by atoms with E-state index in [1.54, 1.807) is 14.2 Å². The Morgan fingerprint density at radius 2 is 1.88 bits per heavy atom. The Labute approximate surface area is 139 Å². The molecule has 1 amide bonds. The summed E-state index contributed by atoms with van der Waals surface area (Å²) in [6.45, 7) is 0.100. The van der Waals surface area contributed by atoms with Crippen LogP contribution in [0.5, 0.6) is 11.5 Å². The van der Waals surface area contributed by atoms with E-state index >= 15 is 0 Å². The average Bonchev–Trinajstić information content (AvgIpc) is 2.91. The van der Waals surface area contributed by atoms with Gasteiger partial charge in [0.25, 0.3) is 0 Å². The van der Waals surface area contributed by atoms with Crippen LogP contribution >= 0.6 is 0 Å². The molecular formula is C18H19N3O3. The van der Waals surface area contributed by atoms with Crippen molar-refractivity contribution in [3.05, 3.63) is 53.9 Å². The van der Waals surface area contributed by atoms with E-state index in [1.165, 1.54) is 0 Å². The predicted octanol–water partition coefficient (Wildman–Crippen LogP) is 2.13. The number of hydrogen-bond acceptors (Lipinski definition) is 4. The first-order valence-electron chi connectivity index (χ1n) is 7.55. The number of carbonyl (C=O) groups excluding carboxylic acids is 1. The summed E-state index contributed by atoms with van der Waals surface area (Å²) in [6, 6.07) is 13.4. The molecule has 3 rings (SSSR count). The van der Waals surface area contributed by atoms with E-state index in [9.17, 15) is 4.79 Å². The number of amides is 1. The molecule has 1 heterocycles. The fourth-order valence-electron chi connectivity index (χ4n) is 2.77. The van der Waals surface area contributed by atoms with Gasteiger partial charge in [-0.2, -0.15) is 0 Å². The van der Waals surface area contributed by atoms with Gasteiger partial charge in [-0.3, -0.25) is 4.79 Å². The van der Waals surface area contributed by atoms with Crippen molar-refractivity contribution in [2.24, 2.45) is 5.73 Å². The maximum absolute atomic E-state index is 11.4. The third kappa shape index (κ3) is 3.03. The number of nitrogens with two attached hydrogens (primary N) is 1. The standard InChI is InChI=1S/C18H19N3O3/c1-23-15-8-7-12(9-16(15)24-2)10-18-20-13-5-3-4-6-14(13)21(18)11-17(19)22/h3-9H,10-11H2,1-2H3,(H2,19,22). The third-order valence-electron chi connectivity index (χ3n) is 3.86. The number of fused-ring (bicyclic) bond motifs is 1. The zero-order valence-electron chi connectivity index (χ0n) is 13.7. The average molecular weight is 325 g/mol. The number of methoxy groups -OCH3 is 2. The summed E-state index contributed by atoms with van der Waals surface area (Å²) in [7, 11) is 3.20. The molecule has 0 radical (unpaired) electrons. The monoisotopic (exact) mass is 325 g/mol. The highest BCUT2D eigenvalue weighted by atomic mass is 16.5. The summed E-state index contributed by atoms with van der Waals surface area (Å²) in [6.07, 6.45) is 0.558. The molecule has 0 bridgehead atoms. The Hall–Kier alpha value is -3.02. The topological polar surface area (TPSA) is 79.4 Å². The smallest absolute Gasteiger partial charge is 0.237 e. The Bertz CT molecular complexity index is 886. The highest BCUT2D eigenvalue weighted by molar-refractivity contribution is 5.80. The van der Waals surface area contributed by atoms with Crippen molar-refractivity contribution in [3.63, 3.8) is 0 Å². The molecule has 0 unspecified atom stereocenters. The van der Waals surface area contributed by atoms with Crippen LogP contribution in [0.3, 0.4) is 0 Å². The molecule has 0 aliphatic heterocycles. The number of imidazole rings is 1. The molecule has 124 valence electrons. The molecule has 6 heteroatoms. The van der Waals surface area contributed by atoms with Crippen LogP contribution in [0.1, 0.15) is 11.4 Å². The number of aromatic nitrogens is 2. The van der Waals surface area contributed by atoms with Gasteiger partial charge in [-0.15, -0.1) is 0 Å². The predicted molar refractivity (Wildman–Crippen MR) is 91.3 cm³/mol. The minimum absolute atomic E-state index is 0.100. The van der Waals surface area contributed by atoms with E-state index in [4.69, 9.17) is 15.2 Å². The highest BCUT2D eigenvalue weighted by Crippen LogP contribution is 2.29. The van der Waals surface area contributed by atoms with Crippen LogP contribution in [0.15, 0.2) is 42.5 Å². The van der Waals surface area contributed by atoms with Crippen LogP contribution in [0, 0.1) is 0 Å². The van der Waals surface area contributed by atoms with Crippen LogP contribution in [0.25, 0.3) is 11.0 Å². The SMILES string of the molecule is COc1ccc(Cc2nc3ccccc3n2CC(N)=O)cc1OC. The maximum atomic E-state index is 11.4. The molecule has 6 nitrogen and oxygen atoms in total. The zero-order valence-corrected chi connectivity index (χ0v) is 13.7. The quantitative estimate of drug-likeness (QED) is 0.753. The van der Waals surface area contributed by atoms with Gasteiger partial charge in [0.05, 0.1) is 25.3 Å². The minimum Gasteiger partial charge on any atom is -0.493 e. The number of carbonyl (C=O) groups is 1. The molecule has 0 aliphatic rings. The number of benzene rings is 2. The second-order valence-corrected chi connectivity index (χ2v) is 5.44. The van der Waals surface area contributed by atoms with Crippen LogP contribution in [0.4, 0.5) is 0 Å². The first-order valence-corrected chi connectivity index (χ1v) is 7.55. The number of para-hydroxylation sites is 2. The van der Waals surface area contributed by atoms with Crippen molar-refractivity contribution < 1.29 is 14.3 Å². The summed E-state index contributed by atoms with van der Waals surface area (Å²) in [5, 5.41) is 0. The lowest BCUT2D eigenvalue weighted by molar-refractivity contribution is -0.118. The van der Waals surface area contributed by atoms with Gasteiger partial charge in [0, 0.05) is 6.42 Å². The van der Waals surface area contributed by atoms with Crippen molar-refractivity contribution in [2.45, 2.75) is 13.0 Å². The van der Waals surface area contributed by atoms with E-state index in [2.05, 4.69) is 4.98 Å². The van der Waals surface area contributed by atoms with E-state index in [-0.39, 0.29) is 6.54 Å². The van der Waals surface area contributed by atoms with Gasteiger partial charge in [-0.25, -0.2) is 4.98 Å². The van der Waals surface area contributed by atoms with Crippen LogP contribution in [-0.4, -0.2) is 29.7 Å². The molecule has 2 aromatic carbocycles. The van der Waals surface area contributed by atoms with Crippen molar-refractivity contribution in [2.75, 3.05) is 14.2 Å². The number of primary amides is 1. The minimum atomic E-state index is -0.397. The summed E-state index contributed by atoms with van der Waals surface area (Å²) in [5.74, 6) is 1.72. The first-order chi connectivity index (χ1) is 11.6. The molecule has 0 fully saturated rings. The molecule has 0 saturated carbocycles. The fourth-order valence-corrected chi connectivity index (χ4v) is 2.77. The van der Waals surface area contributed by atoms with Crippen molar-refractivity contribution in [1.82, 2.24) is 9.55 Å². The number of ether oxygens (including phenoxy) is 2. The number of nitrogens with zero attached hydrogens (tertiary/aromatic N) is 2. The lowest BCUT2D eigenvalue weighted by Gasteiger charge is -2.10. The molecule has 0 saturated heterocycles. The Morgan fingerprint density at radius 1 is 1.12 bits per heavy atom. The lowest BCUT2D eigenvalue weighted by Crippen LogP contribution is -2.20. The van der Waals surface area contributed by atoms with E-state index in [1.807, 2.05) is 47.0 Å². The molecule has 1 aromatic heterocycles. The maximum Gasteiger partial charge on any atom is 0.237 e. The summed E-state index contributed by atoms with van der Waals surface area (Å²) in [4.78, 5) is 16.1. The van der Waals surface area contributed by atoms with Crippen LogP contribution < -0.4 is 15.2 Å². The van der Waals surface area contributed by atoms with Gasteiger partial charge >= 0.3 is 0 Å². The van der Waals surface area contributed by atoms with E-state index < -0.39 is 5.91 Å². The van der Waals surface area contributed by atoms with Gasteiger partial charge in [0.15, 0.2) is 11.5 Å². The largest absolute Gasteiger partial charge is 0.493 e. The number of rotatable bonds is 6. The molecule has 24 heavy (non-hydrogen) atoms. The Morgan fingerprint density at radius 3 is 2.58 bits per heavy atom. The molecule has 0 aliphatic carbocycles. The second-order valence-electron chi connectivity index (χ2n) is 5.44.